The quantitative estimate of drug-likeness (QED) is 0.873. The minimum atomic E-state index is -0.157. The molecule has 0 bridgehead atoms. The zero-order valence-electron chi connectivity index (χ0n) is 11.9. The summed E-state index contributed by atoms with van der Waals surface area (Å²) in [5, 5.41) is 9.86. The van der Waals surface area contributed by atoms with Gasteiger partial charge in [0.1, 0.15) is 5.75 Å². The van der Waals surface area contributed by atoms with E-state index in [2.05, 4.69) is 15.5 Å². The first-order valence-corrected chi connectivity index (χ1v) is 6.56. The van der Waals surface area contributed by atoms with Gasteiger partial charge in [-0.3, -0.25) is 4.79 Å². The van der Waals surface area contributed by atoms with Crippen LogP contribution in [0.3, 0.4) is 0 Å². The minimum Gasteiger partial charge on any atom is -0.497 e. The van der Waals surface area contributed by atoms with Crippen LogP contribution in [0.25, 0.3) is 11.3 Å². The fourth-order valence-electron chi connectivity index (χ4n) is 1.80. The Morgan fingerprint density at radius 1 is 1.30 bits per heavy atom. The smallest absolute Gasteiger partial charge is 0.268 e. The molecule has 1 aromatic heterocycles. The van der Waals surface area contributed by atoms with E-state index in [0.717, 1.165) is 17.0 Å². The number of H-pyrrole nitrogens is 1. The fraction of sp³-hybridized carbons (Fsp3) is 0.333. The lowest BCUT2D eigenvalue weighted by Gasteiger charge is -2.08. The van der Waals surface area contributed by atoms with Crippen LogP contribution in [0, 0.1) is 0 Å². The van der Waals surface area contributed by atoms with Crippen molar-refractivity contribution in [2.24, 2.45) is 0 Å². The van der Waals surface area contributed by atoms with E-state index in [1.165, 1.54) is 0 Å². The van der Waals surface area contributed by atoms with E-state index < -0.39 is 0 Å². The van der Waals surface area contributed by atoms with Crippen LogP contribution in [-0.4, -0.2) is 23.3 Å². The molecular formula is C15H19N3O2. The number of benzene rings is 1. The van der Waals surface area contributed by atoms with Crippen molar-refractivity contribution >= 4 is 0 Å². The monoisotopic (exact) mass is 273 g/mol. The molecule has 5 nitrogen and oxygen atoms in total. The maximum Gasteiger partial charge on any atom is 0.268 e. The molecule has 0 aliphatic rings. The molecule has 1 heterocycles. The number of nitrogens with one attached hydrogen (secondary N) is 2. The molecule has 106 valence electrons. The van der Waals surface area contributed by atoms with Gasteiger partial charge < -0.3 is 10.1 Å². The van der Waals surface area contributed by atoms with Gasteiger partial charge >= 0.3 is 0 Å². The standard InChI is InChI=1S/C15H19N3O2/c1-10(2)16-9-12-8-14(17-18-15(12)19)11-4-6-13(20-3)7-5-11/h4-8,10,16H,9H2,1-3H3,(H,18,19). The second-order valence-corrected chi connectivity index (χ2v) is 4.87. The van der Waals surface area contributed by atoms with Gasteiger partial charge in [-0.25, -0.2) is 5.10 Å². The Hall–Kier alpha value is -2.14. The molecule has 5 heteroatoms. The Kier molecular flexibility index (Phi) is 4.53. The SMILES string of the molecule is COc1ccc(-c2cc(CNC(C)C)c(=O)[nH]n2)cc1. The molecule has 0 unspecified atom stereocenters. The predicted octanol–water partition coefficient (Wildman–Crippen LogP) is 1.94. The molecule has 2 N–H and O–H groups in total. The number of aromatic nitrogens is 2. The molecule has 2 rings (SSSR count). The highest BCUT2D eigenvalue weighted by atomic mass is 16.5. The van der Waals surface area contributed by atoms with Gasteiger partial charge in [-0.1, -0.05) is 13.8 Å². The van der Waals surface area contributed by atoms with Crippen molar-refractivity contribution in [3.8, 4) is 17.0 Å². The first kappa shape index (κ1) is 14.3. The summed E-state index contributed by atoms with van der Waals surface area (Å²) >= 11 is 0. The maximum atomic E-state index is 11.7. The van der Waals surface area contributed by atoms with E-state index in [4.69, 9.17) is 4.74 Å². The van der Waals surface area contributed by atoms with Gasteiger partial charge in [-0.05, 0) is 30.3 Å². The molecule has 20 heavy (non-hydrogen) atoms. The van der Waals surface area contributed by atoms with E-state index >= 15 is 0 Å². The van der Waals surface area contributed by atoms with Gasteiger partial charge in [0.05, 0.1) is 12.8 Å². The average molecular weight is 273 g/mol. The number of nitrogens with zero attached hydrogens (tertiary/aromatic N) is 1. The van der Waals surface area contributed by atoms with Gasteiger partial charge in [-0.2, -0.15) is 5.10 Å². The topological polar surface area (TPSA) is 67.0 Å². The van der Waals surface area contributed by atoms with Gasteiger partial charge in [0, 0.05) is 23.7 Å². The highest BCUT2D eigenvalue weighted by molar-refractivity contribution is 5.60. The number of aromatic amines is 1. The number of hydrogen-bond donors (Lipinski definition) is 2. The summed E-state index contributed by atoms with van der Waals surface area (Å²) in [6, 6.07) is 9.71. The second-order valence-electron chi connectivity index (χ2n) is 4.87. The van der Waals surface area contributed by atoms with Crippen LogP contribution in [-0.2, 0) is 6.54 Å². The zero-order chi connectivity index (χ0) is 14.5. The number of methoxy groups -OCH3 is 1. The van der Waals surface area contributed by atoms with E-state index in [-0.39, 0.29) is 5.56 Å². The first-order chi connectivity index (χ1) is 9.60. The summed E-state index contributed by atoms with van der Waals surface area (Å²) in [7, 11) is 1.63. The third-order valence-electron chi connectivity index (χ3n) is 2.97. The molecule has 0 radical (unpaired) electrons. The lowest BCUT2D eigenvalue weighted by atomic mass is 10.1. The molecule has 0 saturated carbocycles. The summed E-state index contributed by atoms with van der Waals surface area (Å²) in [5.74, 6) is 0.792. The molecule has 0 spiro atoms. The number of ether oxygens (including phenoxy) is 1. The normalized spacial score (nSPS) is 10.8. The van der Waals surface area contributed by atoms with Crippen molar-refractivity contribution in [3.05, 3.63) is 46.2 Å². The van der Waals surface area contributed by atoms with Crippen LogP contribution in [0.15, 0.2) is 35.1 Å². The van der Waals surface area contributed by atoms with Crippen LogP contribution in [0.5, 0.6) is 5.75 Å². The van der Waals surface area contributed by atoms with Crippen molar-refractivity contribution in [3.63, 3.8) is 0 Å². The molecule has 2 aromatic rings. The summed E-state index contributed by atoms with van der Waals surface area (Å²) in [6.07, 6.45) is 0. The third-order valence-corrected chi connectivity index (χ3v) is 2.97. The molecule has 0 aliphatic heterocycles. The minimum absolute atomic E-state index is 0.157. The Morgan fingerprint density at radius 2 is 2.00 bits per heavy atom. The lowest BCUT2D eigenvalue weighted by Crippen LogP contribution is -2.26. The van der Waals surface area contributed by atoms with Crippen molar-refractivity contribution < 1.29 is 4.74 Å². The second kappa shape index (κ2) is 6.34. The number of rotatable bonds is 5. The van der Waals surface area contributed by atoms with Crippen molar-refractivity contribution in [1.29, 1.82) is 0 Å². The van der Waals surface area contributed by atoms with Gasteiger partial charge in [0.15, 0.2) is 0 Å². The van der Waals surface area contributed by atoms with Gasteiger partial charge in [0.2, 0.25) is 0 Å². The van der Waals surface area contributed by atoms with Crippen LogP contribution in [0.2, 0.25) is 0 Å². The Bertz CT molecular complexity index is 618. The van der Waals surface area contributed by atoms with Crippen LogP contribution in [0.1, 0.15) is 19.4 Å². The molecule has 0 aliphatic carbocycles. The lowest BCUT2D eigenvalue weighted by molar-refractivity contribution is 0.415. The van der Waals surface area contributed by atoms with E-state index in [1.807, 2.05) is 44.2 Å². The van der Waals surface area contributed by atoms with Crippen LogP contribution >= 0.6 is 0 Å². The summed E-state index contributed by atoms with van der Waals surface area (Å²) in [6.45, 7) is 4.61. The molecule has 0 fully saturated rings. The molecule has 0 amide bonds. The zero-order valence-corrected chi connectivity index (χ0v) is 11.9. The molecule has 1 aromatic carbocycles. The van der Waals surface area contributed by atoms with Crippen LogP contribution < -0.4 is 15.6 Å². The highest BCUT2D eigenvalue weighted by Crippen LogP contribution is 2.19. The molecular weight excluding hydrogens is 254 g/mol. The highest BCUT2D eigenvalue weighted by Gasteiger charge is 2.06. The first-order valence-electron chi connectivity index (χ1n) is 6.56. The molecule has 0 saturated heterocycles. The predicted molar refractivity (Wildman–Crippen MR) is 78.8 cm³/mol. The summed E-state index contributed by atoms with van der Waals surface area (Å²) in [5.41, 5.74) is 2.20. The molecule has 0 atom stereocenters. The third kappa shape index (κ3) is 3.45. The summed E-state index contributed by atoms with van der Waals surface area (Å²) in [4.78, 5) is 11.7. The van der Waals surface area contributed by atoms with Crippen molar-refractivity contribution in [1.82, 2.24) is 15.5 Å². The Labute approximate surface area is 118 Å². The van der Waals surface area contributed by atoms with Gasteiger partial charge in [0.25, 0.3) is 5.56 Å². The van der Waals surface area contributed by atoms with Crippen molar-refractivity contribution in [2.75, 3.05) is 7.11 Å². The van der Waals surface area contributed by atoms with E-state index in [9.17, 15) is 4.79 Å². The van der Waals surface area contributed by atoms with Crippen LogP contribution in [0.4, 0.5) is 0 Å². The fourth-order valence-corrected chi connectivity index (χ4v) is 1.80. The Balaban J connectivity index is 2.27. The van der Waals surface area contributed by atoms with E-state index in [1.54, 1.807) is 7.11 Å². The van der Waals surface area contributed by atoms with E-state index in [0.29, 0.717) is 18.2 Å². The number of hydrogen-bond acceptors (Lipinski definition) is 4. The maximum absolute atomic E-state index is 11.7. The average Bonchev–Trinajstić information content (AvgIpc) is 2.46. The largest absolute Gasteiger partial charge is 0.497 e. The summed E-state index contributed by atoms with van der Waals surface area (Å²) < 4.78 is 5.12. The van der Waals surface area contributed by atoms with Crippen molar-refractivity contribution in [2.45, 2.75) is 26.4 Å². The van der Waals surface area contributed by atoms with Gasteiger partial charge in [-0.15, -0.1) is 0 Å². The Morgan fingerprint density at radius 3 is 2.60 bits per heavy atom.